The lowest BCUT2D eigenvalue weighted by Gasteiger charge is -2.18. The van der Waals surface area contributed by atoms with Gasteiger partial charge in [0.05, 0.1) is 28.0 Å². The predicted octanol–water partition coefficient (Wildman–Crippen LogP) is 4.74. The van der Waals surface area contributed by atoms with Gasteiger partial charge in [0.2, 0.25) is 0 Å². The molecule has 37 heavy (non-hydrogen) atoms. The number of aromatic nitrogens is 4. The van der Waals surface area contributed by atoms with E-state index in [1.54, 1.807) is 37.5 Å². The second-order valence-electron chi connectivity index (χ2n) is 8.87. The fourth-order valence-electron chi connectivity index (χ4n) is 3.96. The number of halogens is 1. The van der Waals surface area contributed by atoms with Crippen LogP contribution in [-0.2, 0) is 10.0 Å². The first-order chi connectivity index (χ1) is 17.7. The van der Waals surface area contributed by atoms with Crippen molar-refractivity contribution in [2.45, 2.75) is 4.21 Å². The molecule has 11 heteroatoms. The summed E-state index contributed by atoms with van der Waals surface area (Å²) in [7, 11) is 1.79. The molecule has 0 radical (unpaired) electrons. The average Bonchev–Trinajstić information content (AvgIpc) is 3.58. The van der Waals surface area contributed by atoms with Crippen molar-refractivity contribution in [1.82, 2.24) is 29.4 Å². The molecular weight excluding hydrogens is 511 g/mol. The number of nitrogens with one attached hydrogen (secondary N) is 1. The second-order valence-corrected chi connectivity index (χ2v) is 12.2. The Labute approximate surface area is 218 Å². The molecule has 0 fully saturated rings. The van der Waals surface area contributed by atoms with E-state index in [-0.39, 0.29) is 10.0 Å². The molecule has 190 valence electrons. The van der Waals surface area contributed by atoms with Crippen molar-refractivity contribution in [2.24, 2.45) is 0 Å². The number of benzene rings is 2. The van der Waals surface area contributed by atoms with Crippen LogP contribution in [0.4, 0.5) is 4.39 Å². The summed E-state index contributed by atoms with van der Waals surface area (Å²) in [6.07, 6.45) is 3.21. The Morgan fingerprint density at radius 2 is 1.70 bits per heavy atom. The lowest BCUT2D eigenvalue weighted by atomic mass is 9.99. The molecule has 0 aliphatic carbocycles. The fraction of sp³-hybridized carbons (Fsp3) is 0.192. The number of rotatable bonds is 8. The van der Waals surface area contributed by atoms with Crippen LogP contribution >= 0.6 is 11.3 Å². The van der Waals surface area contributed by atoms with Crippen LogP contribution in [0.25, 0.3) is 43.9 Å². The number of nitrogens with zero attached hydrogens (tertiary/aromatic N) is 5. The Balaban J connectivity index is 1.53. The minimum absolute atomic E-state index is 0.264. The van der Waals surface area contributed by atoms with Gasteiger partial charge in [0, 0.05) is 36.7 Å². The molecule has 0 bridgehead atoms. The van der Waals surface area contributed by atoms with E-state index in [1.807, 2.05) is 37.2 Å². The van der Waals surface area contributed by atoms with Crippen LogP contribution in [0.2, 0.25) is 0 Å². The third kappa shape index (κ3) is 5.03. The molecule has 1 N–H and O–H groups in total. The summed E-state index contributed by atoms with van der Waals surface area (Å²) in [5.74, 6) is -0.307. The Hall–Kier alpha value is -3.51. The molecular formula is C26H25FN6O2S2. The summed E-state index contributed by atoms with van der Waals surface area (Å²) in [6.45, 7) is 1.02. The maximum atomic E-state index is 13.4. The molecule has 3 heterocycles. The van der Waals surface area contributed by atoms with Crippen LogP contribution in [0.5, 0.6) is 0 Å². The molecule has 0 aliphatic rings. The van der Waals surface area contributed by atoms with Gasteiger partial charge in [0.15, 0.2) is 0 Å². The highest BCUT2D eigenvalue weighted by Gasteiger charge is 2.24. The van der Waals surface area contributed by atoms with Crippen molar-refractivity contribution in [3.63, 3.8) is 0 Å². The molecule has 8 nitrogen and oxygen atoms in total. The minimum Gasteiger partial charge on any atom is -0.308 e. The van der Waals surface area contributed by atoms with E-state index in [0.717, 1.165) is 38.2 Å². The van der Waals surface area contributed by atoms with Crippen molar-refractivity contribution in [1.29, 1.82) is 0 Å². The molecule has 0 unspecified atom stereocenters. The van der Waals surface area contributed by atoms with Crippen LogP contribution in [0.15, 0.2) is 71.3 Å². The van der Waals surface area contributed by atoms with E-state index in [2.05, 4.69) is 20.2 Å². The van der Waals surface area contributed by atoms with E-state index in [1.165, 1.54) is 34.1 Å². The maximum absolute atomic E-state index is 13.4. The smallest absolute Gasteiger partial charge is 0.252 e. The number of fused-ring (bicyclic) bond motifs is 1. The van der Waals surface area contributed by atoms with Gasteiger partial charge >= 0.3 is 0 Å². The van der Waals surface area contributed by atoms with E-state index in [4.69, 9.17) is 0 Å². The van der Waals surface area contributed by atoms with E-state index in [0.29, 0.717) is 18.8 Å². The quantitative estimate of drug-likeness (QED) is 0.308. The number of aromatic amines is 1. The standard InChI is InChI=1S/C26H25FN6O2S2/c1-32(2)12-13-33(3)37(34,35)24-11-10-23(36-24)26-20-14-18(6-9-22(20)28-16-29-26)21-15-30-31-25(21)17-4-7-19(27)8-5-17/h4-11,14-16H,12-13H2,1-3H3,(H,30,31). The monoisotopic (exact) mass is 536 g/mol. The van der Waals surface area contributed by atoms with Gasteiger partial charge in [0.1, 0.15) is 16.4 Å². The number of hydrogen-bond donors (Lipinski definition) is 1. The zero-order valence-corrected chi connectivity index (χ0v) is 22.1. The third-order valence-electron chi connectivity index (χ3n) is 6.06. The largest absolute Gasteiger partial charge is 0.308 e. The van der Waals surface area contributed by atoms with Gasteiger partial charge in [-0.1, -0.05) is 6.07 Å². The van der Waals surface area contributed by atoms with Crippen molar-refractivity contribution in [2.75, 3.05) is 34.2 Å². The highest BCUT2D eigenvalue weighted by atomic mass is 32.2. The molecule has 3 aromatic heterocycles. The van der Waals surface area contributed by atoms with Crippen LogP contribution in [0.1, 0.15) is 0 Å². The first-order valence-corrected chi connectivity index (χ1v) is 13.8. The lowest BCUT2D eigenvalue weighted by Crippen LogP contribution is -2.33. The van der Waals surface area contributed by atoms with Gasteiger partial charge in [-0.2, -0.15) is 9.40 Å². The Morgan fingerprint density at radius 1 is 0.946 bits per heavy atom. The Bertz CT molecular complexity index is 1660. The van der Waals surface area contributed by atoms with Gasteiger partial charge in [-0.3, -0.25) is 5.10 Å². The predicted molar refractivity (Wildman–Crippen MR) is 144 cm³/mol. The van der Waals surface area contributed by atoms with Crippen molar-refractivity contribution in [3.05, 3.63) is 72.9 Å². The molecule has 0 aliphatic heterocycles. The van der Waals surface area contributed by atoms with Crippen LogP contribution < -0.4 is 0 Å². The molecule has 5 rings (SSSR count). The summed E-state index contributed by atoms with van der Waals surface area (Å²) >= 11 is 1.19. The zero-order valence-electron chi connectivity index (χ0n) is 20.5. The zero-order chi connectivity index (χ0) is 26.2. The number of likely N-dealkylation sites (N-methyl/N-ethyl adjacent to an activating group) is 2. The van der Waals surface area contributed by atoms with Crippen LogP contribution in [0.3, 0.4) is 0 Å². The van der Waals surface area contributed by atoms with E-state index >= 15 is 0 Å². The molecule has 5 aromatic rings. The summed E-state index contributed by atoms with van der Waals surface area (Å²) in [5.41, 5.74) is 4.69. The van der Waals surface area contributed by atoms with Gasteiger partial charge in [0.25, 0.3) is 10.0 Å². The van der Waals surface area contributed by atoms with Gasteiger partial charge in [-0.25, -0.2) is 22.8 Å². The van der Waals surface area contributed by atoms with Gasteiger partial charge < -0.3 is 4.90 Å². The summed E-state index contributed by atoms with van der Waals surface area (Å²) in [5, 5.41) is 8.00. The minimum atomic E-state index is -3.62. The van der Waals surface area contributed by atoms with Crippen LogP contribution in [0, 0.1) is 5.82 Å². The molecule has 0 amide bonds. The van der Waals surface area contributed by atoms with Crippen LogP contribution in [-0.4, -0.2) is 72.0 Å². The van der Waals surface area contributed by atoms with Gasteiger partial charge in [-0.05, 0) is 68.2 Å². The second kappa shape index (κ2) is 10.1. The molecule has 0 saturated heterocycles. The highest BCUT2D eigenvalue weighted by molar-refractivity contribution is 7.91. The highest BCUT2D eigenvalue weighted by Crippen LogP contribution is 2.37. The maximum Gasteiger partial charge on any atom is 0.252 e. The molecule has 0 spiro atoms. The Morgan fingerprint density at radius 3 is 2.46 bits per heavy atom. The Kier molecular flexibility index (Phi) is 6.86. The first kappa shape index (κ1) is 25.2. The molecule has 0 atom stereocenters. The topological polar surface area (TPSA) is 95.1 Å². The van der Waals surface area contributed by atoms with E-state index in [9.17, 15) is 12.8 Å². The van der Waals surface area contributed by atoms with Crippen molar-refractivity contribution < 1.29 is 12.8 Å². The fourth-order valence-corrected chi connectivity index (χ4v) is 6.65. The third-order valence-corrected chi connectivity index (χ3v) is 9.48. The summed E-state index contributed by atoms with van der Waals surface area (Å²) < 4.78 is 41.3. The number of sulfonamides is 1. The van der Waals surface area contributed by atoms with Gasteiger partial charge in [-0.15, -0.1) is 11.3 Å². The SMILES string of the molecule is CN(C)CCN(C)S(=O)(=O)c1ccc(-c2ncnc3ccc(-c4cn[nH]c4-c4ccc(F)cc4)cc23)s1. The van der Waals surface area contributed by atoms with E-state index < -0.39 is 10.0 Å². The molecule has 0 saturated carbocycles. The number of H-pyrrole nitrogens is 1. The summed E-state index contributed by atoms with van der Waals surface area (Å²) in [6, 6.07) is 15.4. The van der Waals surface area contributed by atoms with Crippen molar-refractivity contribution >= 4 is 32.3 Å². The summed E-state index contributed by atoms with van der Waals surface area (Å²) in [4.78, 5) is 11.6. The number of thiophene rings is 1. The number of hydrogen-bond acceptors (Lipinski definition) is 7. The lowest BCUT2D eigenvalue weighted by molar-refractivity contribution is 0.359. The normalized spacial score (nSPS) is 12.2. The van der Waals surface area contributed by atoms with Crippen molar-refractivity contribution in [3.8, 4) is 33.0 Å². The molecule has 2 aromatic carbocycles. The first-order valence-electron chi connectivity index (χ1n) is 11.5. The average molecular weight is 537 g/mol.